The van der Waals surface area contributed by atoms with Crippen LogP contribution in [0.25, 0.3) is 0 Å². The number of carbonyl (C=O) groups is 1. The van der Waals surface area contributed by atoms with Crippen LogP contribution in [0.15, 0.2) is 27.1 Å². The van der Waals surface area contributed by atoms with Gasteiger partial charge in [-0.15, -0.1) is 0 Å². The van der Waals surface area contributed by atoms with Gasteiger partial charge < -0.3 is 5.32 Å². The minimum Gasteiger partial charge on any atom is -0.350 e. The molecule has 0 atom stereocenters. The quantitative estimate of drug-likeness (QED) is 0.897. The summed E-state index contributed by atoms with van der Waals surface area (Å²) < 4.78 is 1.66. The molecule has 3 nitrogen and oxygen atoms in total. The standard InChI is InChI=1S/C12H12Br2N2O/c1-12(2,6-15)7-16-11(17)8-3-9(13)5-10(14)4-8/h3-5H,7H2,1-2H3,(H,16,17). The largest absolute Gasteiger partial charge is 0.350 e. The van der Waals surface area contributed by atoms with Gasteiger partial charge in [-0.2, -0.15) is 5.26 Å². The van der Waals surface area contributed by atoms with E-state index in [4.69, 9.17) is 5.26 Å². The molecule has 90 valence electrons. The van der Waals surface area contributed by atoms with Crippen molar-refractivity contribution in [3.05, 3.63) is 32.7 Å². The van der Waals surface area contributed by atoms with Gasteiger partial charge in [0.05, 0.1) is 11.5 Å². The predicted octanol–water partition coefficient (Wildman–Crippen LogP) is 3.49. The van der Waals surface area contributed by atoms with Crippen molar-refractivity contribution in [1.82, 2.24) is 5.32 Å². The first-order valence-electron chi connectivity index (χ1n) is 4.99. The van der Waals surface area contributed by atoms with Crippen molar-refractivity contribution in [2.24, 2.45) is 5.41 Å². The van der Waals surface area contributed by atoms with E-state index in [1.807, 2.05) is 6.07 Å². The van der Waals surface area contributed by atoms with Gasteiger partial charge in [-0.25, -0.2) is 0 Å². The van der Waals surface area contributed by atoms with Gasteiger partial charge in [0.25, 0.3) is 5.91 Å². The second-order valence-corrected chi connectivity index (χ2v) is 6.17. The third kappa shape index (κ3) is 4.49. The van der Waals surface area contributed by atoms with Gasteiger partial charge in [0.15, 0.2) is 0 Å². The molecule has 1 N–H and O–H groups in total. The molecular formula is C12H12Br2N2O. The van der Waals surface area contributed by atoms with Crippen molar-refractivity contribution in [2.45, 2.75) is 13.8 Å². The second kappa shape index (κ2) is 5.65. The molecule has 0 aliphatic rings. The number of hydrogen-bond acceptors (Lipinski definition) is 2. The van der Waals surface area contributed by atoms with Crippen LogP contribution < -0.4 is 5.32 Å². The second-order valence-electron chi connectivity index (χ2n) is 4.34. The van der Waals surface area contributed by atoms with Gasteiger partial charge in [0, 0.05) is 21.1 Å². The fraction of sp³-hybridized carbons (Fsp3) is 0.333. The van der Waals surface area contributed by atoms with Crippen LogP contribution in [-0.2, 0) is 0 Å². The molecule has 0 unspecified atom stereocenters. The molecular weight excluding hydrogens is 348 g/mol. The lowest BCUT2D eigenvalue weighted by molar-refractivity contribution is 0.0943. The number of halogens is 2. The number of benzene rings is 1. The molecule has 0 radical (unpaired) electrons. The molecule has 0 heterocycles. The summed E-state index contributed by atoms with van der Waals surface area (Å²) in [7, 11) is 0. The Kier molecular flexibility index (Phi) is 4.72. The summed E-state index contributed by atoms with van der Waals surface area (Å²) in [6.45, 7) is 3.89. The van der Waals surface area contributed by atoms with Crippen LogP contribution >= 0.6 is 31.9 Å². The first-order valence-corrected chi connectivity index (χ1v) is 6.58. The van der Waals surface area contributed by atoms with E-state index in [1.54, 1.807) is 26.0 Å². The van der Waals surface area contributed by atoms with Crippen molar-refractivity contribution in [1.29, 1.82) is 5.26 Å². The van der Waals surface area contributed by atoms with Gasteiger partial charge >= 0.3 is 0 Å². The third-order valence-electron chi connectivity index (χ3n) is 2.12. The summed E-state index contributed by atoms with van der Waals surface area (Å²) >= 11 is 6.65. The van der Waals surface area contributed by atoms with Crippen LogP contribution in [0.5, 0.6) is 0 Å². The molecule has 0 aliphatic carbocycles. The monoisotopic (exact) mass is 358 g/mol. The molecule has 17 heavy (non-hydrogen) atoms. The molecule has 0 saturated heterocycles. The van der Waals surface area contributed by atoms with Crippen molar-refractivity contribution in [2.75, 3.05) is 6.54 Å². The van der Waals surface area contributed by atoms with E-state index in [-0.39, 0.29) is 5.91 Å². The topological polar surface area (TPSA) is 52.9 Å². The normalized spacial score (nSPS) is 10.8. The van der Waals surface area contributed by atoms with E-state index in [1.165, 1.54) is 0 Å². The number of hydrogen-bond donors (Lipinski definition) is 1. The highest BCUT2D eigenvalue weighted by Gasteiger charge is 2.18. The molecule has 1 amide bonds. The molecule has 5 heteroatoms. The van der Waals surface area contributed by atoms with Gasteiger partial charge in [0.1, 0.15) is 0 Å². The van der Waals surface area contributed by atoms with Crippen molar-refractivity contribution in [3.8, 4) is 6.07 Å². The number of nitrogens with zero attached hydrogens (tertiary/aromatic N) is 1. The molecule has 0 aliphatic heterocycles. The zero-order chi connectivity index (χ0) is 13.1. The summed E-state index contributed by atoms with van der Waals surface area (Å²) in [6, 6.07) is 7.47. The summed E-state index contributed by atoms with van der Waals surface area (Å²) in [5.74, 6) is -0.185. The molecule has 0 bridgehead atoms. The molecule has 0 aromatic heterocycles. The maximum atomic E-state index is 11.8. The number of nitriles is 1. The van der Waals surface area contributed by atoms with Crippen LogP contribution in [0.3, 0.4) is 0 Å². The number of amides is 1. The molecule has 0 fully saturated rings. The Labute approximate surface area is 117 Å². The summed E-state index contributed by atoms with van der Waals surface area (Å²) in [5.41, 5.74) is -0.00110. The first-order chi connectivity index (χ1) is 7.84. The van der Waals surface area contributed by atoms with Crippen molar-refractivity contribution >= 4 is 37.8 Å². The molecule has 0 spiro atoms. The van der Waals surface area contributed by atoms with Crippen LogP contribution in [0.1, 0.15) is 24.2 Å². The van der Waals surface area contributed by atoms with Crippen LogP contribution in [-0.4, -0.2) is 12.5 Å². The lowest BCUT2D eigenvalue weighted by Crippen LogP contribution is -2.33. The van der Waals surface area contributed by atoms with Gasteiger partial charge in [-0.3, -0.25) is 4.79 Å². The maximum absolute atomic E-state index is 11.8. The van der Waals surface area contributed by atoms with Crippen LogP contribution in [0.2, 0.25) is 0 Å². The van der Waals surface area contributed by atoms with Crippen LogP contribution in [0.4, 0.5) is 0 Å². The Morgan fingerprint density at radius 1 is 1.35 bits per heavy atom. The van der Waals surface area contributed by atoms with Crippen molar-refractivity contribution in [3.63, 3.8) is 0 Å². The minimum absolute atomic E-state index is 0.185. The fourth-order valence-corrected chi connectivity index (χ4v) is 2.42. The van der Waals surface area contributed by atoms with E-state index in [9.17, 15) is 4.79 Å². The fourth-order valence-electron chi connectivity index (χ4n) is 1.13. The Morgan fingerprint density at radius 2 is 1.88 bits per heavy atom. The lowest BCUT2D eigenvalue weighted by Gasteiger charge is -2.15. The summed E-state index contributed by atoms with van der Waals surface area (Å²) in [4.78, 5) is 11.8. The van der Waals surface area contributed by atoms with E-state index in [2.05, 4.69) is 43.2 Å². The van der Waals surface area contributed by atoms with Crippen LogP contribution in [0, 0.1) is 16.7 Å². The number of carbonyl (C=O) groups excluding carboxylic acids is 1. The van der Waals surface area contributed by atoms with Crippen molar-refractivity contribution < 1.29 is 4.79 Å². The average Bonchev–Trinajstić information content (AvgIpc) is 2.24. The summed E-state index contributed by atoms with van der Waals surface area (Å²) in [6.07, 6.45) is 0. The van der Waals surface area contributed by atoms with E-state index in [0.29, 0.717) is 12.1 Å². The number of nitrogens with one attached hydrogen (secondary N) is 1. The zero-order valence-electron chi connectivity index (χ0n) is 9.55. The lowest BCUT2D eigenvalue weighted by atomic mass is 9.96. The Hall–Kier alpha value is -0.860. The SMILES string of the molecule is CC(C)(C#N)CNC(=O)c1cc(Br)cc(Br)c1. The Morgan fingerprint density at radius 3 is 2.35 bits per heavy atom. The van der Waals surface area contributed by atoms with E-state index in [0.717, 1.165) is 8.95 Å². The molecule has 1 aromatic carbocycles. The molecule has 1 aromatic rings. The van der Waals surface area contributed by atoms with Gasteiger partial charge in [-0.1, -0.05) is 31.9 Å². The molecule has 1 rings (SSSR count). The third-order valence-corrected chi connectivity index (χ3v) is 3.03. The smallest absolute Gasteiger partial charge is 0.251 e. The maximum Gasteiger partial charge on any atom is 0.251 e. The highest BCUT2D eigenvalue weighted by atomic mass is 79.9. The highest BCUT2D eigenvalue weighted by molar-refractivity contribution is 9.11. The average molecular weight is 360 g/mol. The summed E-state index contributed by atoms with van der Waals surface area (Å²) in [5, 5.41) is 11.6. The molecule has 0 saturated carbocycles. The predicted molar refractivity (Wildman–Crippen MR) is 73.6 cm³/mol. The van der Waals surface area contributed by atoms with E-state index >= 15 is 0 Å². The Balaban J connectivity index is 2.75. The van der Waals surface area contributed by atoms with Gasteiger partial charge in [-0.05, 0) is 32.0 Å². The highest BCUT2D eigenvalue weighted by Crippen LogP contribution is 2.20. The Bertz CT molecular complexity index is 458. The van der Waals surface area contributed by atoms with Gasteiger partial charge in [0.2, 0.25) is 0 Å². The zero-order valence-corrected chi connectivity index (χ0v) is 12.7. The number of rotatable bonds is 3. The van der Waals surface area contributed by atoms with E-state index < -0.39 is 5.41 Å². The first kappa shape index (κ1) is 14.2. The minimum atomic E-state index is -0.557.